The number of methoxy groups -OCH3 is 2. The van der Waals surface area contributed by atoms with E-state index in [0.717, 1.165) is 21.3 Å². The first kappa shape index (κ1) is 19.8. The summed E-state index contributed by atoms with van der Waals surface area (Å²) in [4.78, 5) is 25.7. The Bertz CT molecular complexity index is 692. The minimum absolute atomic E-state index is 0.458. The van der Waals surface area contributed by atoms with E-state index in [-0.39, 0.29) is 0 Å². The van der Waals surface area contributed by atoms with Crippen molar-refractivity contribution in [1.82, 2.24) is 0 Å². The molecular weight excluding hydrogens is 352 g/mol. The van der Waals surface area contributed by atoms with Crippen LogP contribution in [0.3, 0.4) is 0 Å². The van der Waals surface area contributed by atoms with Gasteiger partial charge in [-0.1, -0.05) is 6.92 Å². The molecule has 0 saturated heterocycles. The molecule has 0 aromatic heterocycles. The van der Waals surface area contributed by atoms with Crippen molar-refractivity contribution in [3.05, 3.63) is 48.5 Å². The molecule has 5 nitrogen and oxygen atoms in total. The highest BCUT2D eigenvalue weighted by molar-refractivity contribution is 7.98. The Balaban J connectivity index is 2.47. The molecule has 2 aromatic carbocycles. The highest BCUT2D eigenvalue weighted by Crippen LogP contribution is 2.32. The molecule has 0 aliphatic heterocycles. The van der Waals surface area contributed by atoms with Crippen molar-refractivity contribution in [3.8, 4) is 11.5 Å². The molecule has 0 fully saturated rings. The van der Waals surface area contributed by atoms with Crippen molar-refractivity contribution < 1.29 is 23.8 Å². The van der Waals surface area contributed by atoms with E-state index >= 15 is 0 Å². The molecule has 1 atom stereocenters. The van der Waals surface area contributed by atoms with Crippen LogP contribution in [0.2, 0.25) is 0 Å². The summed E-state index contributed by atoms with van der Waals surface area (Å²) in [6.07, 6.45) is 0.549. The first-order valence-corrected chi connectivity index (χ1v) is 9.52. The van der Waals surface area contributed by atoms with Crippen LogP contribution in [0, 0.1) is 0 Å². The second-order valence-corrected chi connectivity index (χ2v) is 7.69. The number of carbonyl (C=O) groups excluding carboxylic acids is 2. The summed E-state index contributed by atoms with van der Waals surface area (Å²) in [5, 5.41) is -0.458. The Morgan fingerprint density at radius 3 is 1.62 bits per heavy atom. The zero-order chi connectivity index (χ0) is 19.1. The summed E-state index contributed by atoms with van der Waals surface area (Å²) < 4.78 is 15.3. The summed E-state index contributed by atoms with van der Waals surface area (Å²) >= 11 is 0. The fourth-order valence-electron chi connectivity index (χ4n) is 2.55. The van der Waals surface area contributed by atoms with E-state index in [1.807, 2.05) is 55.5 Å². The zero-order valence-corrected chi connectivity index (χ0v) is 16.2. The molecule has 0 bridgehead atoms. The third kappa shape index (κ3) is 4.79. The topological polar surface area (TPSA) is 61.8 Å². The predicted molar refractivity (Wildman–Crippen MR) is 101 cm³/mol. The number of rotatable bonds is 7. The van der Waals surface area contributed by atoms with Gasteiger partial charge in [-0.3, -0.25) is 4.79 Å². The Morgan fingerprint density at radius 2 is 1.31 bits per heavy atom. The normalized spacial score (nSPS) is 11.7. The largest absolute Gasteiger partial charge is 0.497 e. The van der Waals surface area contributed by atoms with E-state index in [1.54, 1.807) is 14.2 Å². The molecular formula is C20H23O5S+. The molecule has 0 N–H and O–H groups in total. The van der Waals surface area contributed by atoms with E-state index < -0.39 is 28.1 Å². The lowest BCUT2D eigenvalue weighted by molar-refractivity contribution is -0.157. The van der Waals surface area contributed by atoms with Gasteiger partial charge in [0, 0.05) is 13.3 Å². The molecule has 0 aliphatic rings. The fourth-order valence-corrected chi connectivity index (χ4v) is 4.91. The van der Waals surface area contributed by atoms with Gasteiger partial charge in [0.2, 0.25) is 5.25 Å². The average molecular weight is 375 g/mol. The molecule has 2 rings (SSSR count). The second kappa shape index (κ2) is 9.29. The number of esters is 2. The highest BCUT2D eigenvalue weighted by Gasteiger charge is 2.41. The number of ether oxygens (including phenoxy) is 3. The maximum absolute atomic E-state index is 12.5. The van der Waals surface area contributed by atoms with E-state index in [1.165, 1.54) is 6.92 Å². The minimum atomic E-state index is -0.596. The van der Waals surface area contributed by atoms with Crippen LogP contribution in [-0.4, -0.2) is 31.4 Å². The molecule has 0 heterocycles. The van der Waals surface area contributed by atoms with Crippen molar-refractivity contribution in [2.75, 3.05) is 14.2 Å². The van der Waals surface area contributed by atoms with Gasteiger partial charge in [0.05, 0.1) is 25.1 Å². The van der Waals surface area contributed by atoms with Crippen LogP contribution in [-0.2, 0) is 25.2 Å². The number of hydrogen-bond donors (Lipinski definition) is 0. The first-order chi connectivity index (χ1) is 12.5. The standard InChI is InChI=1S/C20H23O5S/c1-5-19(20(22)25-14(2)21)26(17-10-6-15(23-3)7-11-17)18-12-8-16(24-4)9-13-18/h6-13,19H,5H2,1-4H3/q+1. The summed E-state index contributed by atoms with van der Waals surface area (Å²) in [5.41, 5.74) is 0. The van der Waals surface area contributed by atoms with Gasteiger partial charge in [0.1, 0.15) is 11.5 Å². The van der Waals surface area contributed by atoms with Gasteiger partial charge >= 0.3 is 11.9 Å². The van der Waals surface area contributed by atoms with Crippen LogP contribution in [0.15, 0.2) is 58.3 Å². The van der Waals surface area contributed by atoms with Crippen LogP contribution in [0.4, 0.5) is 0 Å². The smallest absolute Gasteiger partial charge is 0.368 e. The van der Waals surface area contributed by atoms with Crippen molar-refractivity contribution in [2.24, 2.45) is 0 Å². The van der Waals surface area contributed by atoms with Gasteiger partial charge in [-0.15, -0.1) is 0 Å². The summed E-state index contributed by atoms with van der Waals surface area (Å²) in [6.45, 7) is 3.16. The molecule has 0 aliphatic carbocycles. The van der Waals surface area contributed by atoms with Gasteiger partial charge in [0.25, 0.3) is 0 Å². The molecule has 0 radical (unpaired) electrons. The minimum Gasteiger partial charge on any atom is -0.497 e. The average Bonchev–Trinajstić information content (AvgIpc) is 2.65. The maximum atomic E-state index is 12.5. The Hall–Kier alpha value is -2.47. The van der Waals surface area contributed by atoms with Gasteiger partial charge in [-0.05, 0) is 48.5 Å². The van der Waals surface area contributed by atoms with Crippen molar-refractivity contribution >= 4 is 22.8 Å². The Labute approximate surface area is 156 Å². The molecule has 6 heteroatoms. The number of carbonyl (C=O) groups is 2. The summed E-state index contributed by atoms with van der Waals surface area (Å²) in [7, 11) is 2.62. The highest BCUT2D eigenvalue weighted by atomic mass is 32.2. The number of benzene rings is 2. The lowest BCUT2D eigenvalue weighted by Crippen LogP contribution is -2.33. The molecule has 1 unspecified atom stereocenters. The predicted octanol–water partition coefficient (Wildman–Crippen LogP) is 3.61. The van der Waals surface area contributed by atoms with Crippen molar-refractivity contribution in [3.63, 3.8) is 0 Å². The molecule has 0 spiro atoms. The van der Waals surface area contributed by atoms with E-state index in [9.17, 15) is 9.59 Å². The van der Waals surface area contributed by atoms with Gasteiger partial charge in [0.15, 0.2) is 9.79 Å². The molecule has 0 saturated carbocycles. The van der Waals surface area contributed by atoms with E-state index in [4.69, 9.17) is 14.2 Å². The number of hydrogen-bond acceptors (Lipinski definition) is 5. The quantitative estimate of drug-likeness (QED) is 0.420. The van der Waals surface area contributed by atoms with Gasteiger partial charge in [-0.2, -0.15) is 0 Å². The van der Waals surface area contributed by atoms with Crippen LogP contribution >= 0.6 is 0 Å². The van der Waals surface area contributed by atoms with Crippen LogP contribution < -0.4 is 9.47 Å². The SMILES string of the molecule is CCC(C(=O)OC(C)=O)[S+](c1ccc(OC)cc1)c1ccc(OC)cc1. The monoisotopic (exact) mass is 375 g/mol. The van der Waals surface area contributed by atoms with Gasteiger partial charge < -0.3 is 14.2 Å². The molecule has 2 aromatic rings. The Morgan fingerprint density at radius 1 is 0.885 bits per heavy atom. The van der Waals surface area contributed by atoms with E-state index in [2.05, 4.69) is 0 Å². The lowest BCUT2D eigenvalue weighted by atomic mass is 10.3. The van der Waals surface area contributed by atoms with Crippen LogP contribution in [0.5, 0.6) is 11.5 Å². The molecule has 26 heavy (non-hydrogen) atoms. The lowest BCUT2D eigenvalue weighted by Gasteiger charge is -2.16. The third-order valence-electron chi connectivity index (χ3n) is 3.79. The van der Waals surface area contributed by atoms with Crippen LogP contribution in [0.25, 0.3) is 0 Å². The fraction of sp³-hybridized carbons (Fsp3) is 0.300. The molecule has 138 valence electrons. The summed E-state index contributed by atoms with van der Waals surface area (Å²) in [5.74, 6) is 0.384. The first-order valence-electron chi connectivity index (χ1n) is 8.23. The van der Waals surface area contributed by atoms with E-state index in [0.29, 0.717) is 6.42 Å². The third-order valence-corrected chi connectivity index (χ3v) is 6.44. The maximum Gasteiger partial charge on any atom is 0.368 e. The zero-order valence-electron chi connectivity index (χ0n) is 15.4. The van der Waals surface area contributed by atoms with Crippen molar-refractivity contribution in [1.29, 1.82) is 0 Å². The van der Waals surface area contributed by atoms with Gasteiger partial charge in [-0.25, -0.2) is 4.79 Å². The molecule has 0 amide bonds. The summed E-state index contributed by atoms with van der Waals surface area (Å²) in [6, 6.07) is 15.2. The van der Waals surface area contributed by atoms with Crippen LogP contribution in [0.1, 0.15) is 20.3 Å². The second-order valence-electron chi connectivity index (χ2n) is 5.50. The Kier molecular flexibility index (Phi) is 7.09. The van der Waals surface area contributed by atoms with Crippen molar-refractivity contribution in [2.45, 2.75) is 35.3 Å².